The van der Waals surface area contributed by atoms with Crippen LogP contribution in [0.25, 0.3) is 0 Å². The van der Waals surface area contributed by atoms with Crippen LogP contribution in [0.2, 0.25) is 0 Å². The summed E-state index contributed by atoms with van der Waals surface area (Å²) in [5, 5.41) is 7.89. The molecule has 0 bridgehead atoms. The molecule has 1 aromatic heterocycles. The molecule has 0 aromatic carbocycles. The number of aromatic nitrogens is 2. The molecule has 0 amide bonds. The third kappa shape index (κ3) is 3.11. The molecule has 0 fully saturated rings. The van der Waals surface area contributed by atoms with Gasteiger partial charge in [-0.25, -0.2) is 0 Å². The van der Waals surface area contributed by atoms with Crippen molar-refractivity contribution in [2.24, 2.45) is 0 Å². The fourth-order valence-corrected chi connectivity index (χ4v) is 1.74. The highest BCUT2D eigenvalue weighted by molar-refractivity contribution is 5.24. The highest BCUT2D eigenvalue weighted by Gasteiger charge is 2.09. The lowest BCUT2D eigenvalue weighted by molar-refractivity contribution is 0.605. The van der Waals surface area contributed by atoms with Gasteiger partial charge in [0, 0.05) is 24.2 Å². The first-order chi connectivity index (χ1) is 7.70. The molecular formula is C13H21N3. The van der Waals surface area contributed by atoms with E-state index in [1.54, 1.807) is 0 Å². The highest BCUT2D eigenvalue weighted by atomic mass is 15.3. The van der Waals surface area contributed by atoms with E-state index in [9.17, 15) is 0 Å². The zero-order valence-corrected chi connectivity index (χ0v) is 10.7. The van der Waals surface area contributed by atoms with Crippen molar-refractivity contribution >= 4 is 0 Å². The summed E-state index contributed by atoms with van der Waals surface area (Å²) >= 11 is 0. The molecule has 1 aromatic rings. The summed E-state index contributed by atoms with van der Waals surface area (Å²) in [6.07, 6.45) is 0.874. The van der Waals surface area contributed by atoms with Crippen molar-refractivity contribution in [3.05, 3.63) is 17.0 Å². The lowest BCUT2D eigenvalue weighted by atomic mass is 10.2. The van der Waals surface area contributed by atoms with Gasteiger partial charge in [0.05, 0.1) is 12.2 Å². The molecular weight excluding hydrogens is 198 g/mol. The van der Waals surface area contributed by atoms with Crippen LogP contribution in [0.5, 0.6) is 0 Å². The number of hydrogen-bond donors (Lipinski definition) is 1. The Balaban J connectivity index is 2.74. The van der Waals surface area contributed by atoms with Gasteiger partial charge in [-0.15, -0.1) is 11.8 Å². The van der Waals surface area contributed by atoms with E-state index >= 15 is 0 Å². The highest BCUT2D eigenvalue weighted by Crippen LogP contribution is 2.12. The van der Waals surface area contributed by atoms with Crippen LogP contribution in [0, 0.1) is 25.7 Å². The number of aryl methyl sites for hydroxylation is 2. The number of nitrogens with one attached hydrogen (secondary N) is 1. The third-order valence-corrected chi connectivity index (χ3v) is 2.71. The minimum absolute atomic E-state index is 0.874. The Hall–Kier alpha value is -1.27. The van der Waals surface area contributed by atoms with Crippen LogP contribution in [0.1, 0.15) is 37.2 Å². The van der Waals surface area contributed by atoms with Gasteiger partial charge in [-0.3, -0.25) is 4.68 Å². The van der Waals surface area contributed by atoms with Gasteiger partial charge in [-0.05, 0) is 27.3 Å². The van der Waals surface area contributed by atoms with Gasteiger partial charge in [0.15, 0.2) is 0 Å². The van der Waals surface area contributed by atoms with E-state index in [-0.39, 0.29) is 0 Å². The quantitative estimate of drug-likeness (QED) is 0.768. The van der Waals surface area contributed by atoms with E-state index in [1.807, 2.05) is 6.92 Å². The molecule has 0 aliphatic heterocycles. The molecule has 1 rings (SSSR count). The molecule has 1 heterocycles. The maximum atomic E-state index is 4.54. The summed E-state index contributed by atoms with van der Waals surface area (Å²) in [5.74, 6) is 5.98. The third-order valence-electron chi connectivity index (χ3n) is 2.71. The van der Waals surface area contributed by atoms with E-state index in [1.165, 1.54) is 11.3 Å². The Bertz CT molecular complexity index is 393. The van der Waals surface area contributed by atoms with Crippen molar-refractivity contribution in [2.45, 2.75) is 47.2 Å². The van der Waals surface area contributed by atoms with Crippen LogP contribution in [0.3, 0.4) is 0 Å². The lowest BCUT2D eigenvalue weighted by Crippen LogP contribution is -2.13. The first-order valence-electron chi connectivity index (χ1n) is 5.83. The fraction of sp³-hybridized carbons (Fsp3) is 0.615. The Kier molecular flexibility index (Phi) is 5.07. The first-order valence-corrected chi connectivity index (χ1v) is 5.83. The molecule has 0 saturated heterocycles. The average molecular weight is 219 g/mol. The van der Waals surface area contributed by atoms with Crippen molar-refractivity contribution in [1.82, 2.24) is 15.1 Å². The molecule has 3 heteroatoms. The second-order valence-electron chi connectivity index (χ2n) is 3.83. The molecule has 0 saturated carbocycles. The normalized spacial score (nSPS) is 10.0. The standard InChI is InChI=1S/C13H21N3/c1-5-7-8-9-16-12(4)13(10-14-6-2)11(3)15-16/h14H,6,8-10H2,1-4H3. The van der Waals surface area contributed by atoms with Gasteiger partial charge in [-0.2, -0.15) is 5.10 Å². The van der Waals surface area contributed by atoms with Crippen LogP contribution >= 0.6 is 0 Å². The maximum absolute atomic E-state index is 4.54. The van der Waals surface area contributed by atoms with E-state index in [4.69, 9.17) is 0 Å². The van der Waals surface area contributed by atoms with Gasteiger partial charge in [0.2, 0.25) is 0 Å². The summed E-state index contributed by atoms with van der Waals surface area (Å²) in [5.41, 5.74) is 3.71. The molecule has 0 aliphatic rings. The number of nitrogens with zero attached hydrogens (tertiary/aromatic N) is 2. The topological polar surface area (TPSA) is 29.9 Å². The molecule has 0 spiro atoms. The van der Waals surface area contributed by atoms with E-state index in [0.717, 1.165) is 31.7 Å². The largest absolute Gasteiger partial charge is 0.313 e. The fourth-order valence-electron chi connectivity index (χ4n) is 1.74. The summed E-state index contributed by atoms with van der Waals surface area (Å²) in [6, 6.07) is 0. The first kappa shape index (κ1) is 12.8. The zero-order valence-electron chi connectivity index (χ0n) is 10.7. The smallest absolute Gasteiger partial charge is 0.0641 e. The molecule has 1 N–H and O–H groups in total. The SMILES string of the molecule is CC#CCCn1nc(C)c(CNCC)c1C. The summed E-state index contributed by atoms with van der Waals surface area (Å²) < 4.78 is 2.06. The van der Waals surface area contributed by atoms with Crippen molar-refractivity contribution in [2.75, 3.05) is 6.54 Å². The predicted octanol–water partition coefficient (Wildman–Crippen LogP) is 2.02. The van der Waals surface area contributed by atoms with E-state index < -0.39 is 0 Å². The van der Waals surface area contributed by atoms with E-state index in [0.29, 0.717) is 0 Å². The Morgan fingerprint density at radius 1 is 1.38 bits per heavy atom. The van der Waals surface area contributed by atoms with Crippen molar-refractivity contribution in [3.8, 4) is 11.8 Å². The molecule has 0 aliphatic carbocycles. The lowest BCUT2D eigenvalue weighted by Gasteiger charge is -2.04. The molecule has 88 valence electrons. The molecule has 0 atom stereocenters. The zero-order chi connectivity index (χ0) is 12.0. The van der Waals surface area contributed by atoms with Crippen LogP contribution < -0.4 is 5.32 Å². The monoisotopic (exact) mass is 219 g/mol. The Morgan fingerprint density at radius 2 is 2.12 bits per heavy atom. The summed E-state index contributed by atoms with van der Waals surface area (Å²) in [7, 11) is 0. The van der Waals surface area contributed by atoms with Gasteiger partial charge < -0.3 is 5.32 Å². The van der Waals surface area contributed by atoms with Gasteiger partial charge in [0.25, 0.3) is 0 Å². The van der Waals surface area contributed by atoms with Crippen molar-refractivity contribution in [3.63, 3.8) is 0 Å². The minimum atomic E-state index is 0.874. The van der Waals surface area contributed by atoms with Crippen LogP contribution in [0.4, 0.5) is 0 Å². The molecule has 0 unspecified atom stereocenters. The maximum Gasteiger partial charge on any atom is 0.0641 e. The predicted molar refractivity (Wildman–Crippen MR) is 67.1 cm³/mol. The second kappa shape index (κ2) is 6.34. The Morgan fingerprint density at radius 3 is 2.75 bits per heavy atom. The van der Waals surface area contributed by atoms with Crippen LogP contribution in [-0.2, 0) is 13.1 Å². The minimum Gasteiger partial charge on any atom is -0.313 e. The molecule has 3 nitrogen and oxygen atoms in total. The summed E-state index contributed by atoms with van der Waals surface area (Å²) in [4.78, 5) is 0. The van der Waals surface area contributed by atoms with E-state index in [2.05, 4.69) is 47.7 Å². The summed E-state index contributed by atoms with van der Waals surface area (Å²) in [6.45, 7) is 11.0. The van der Waals surface area contributed by atoms with Crippen molar-refractivity contribution < 1.29 is 0 Å². The van der Waals surface area contributed by atoms with Crippen molar-refractivity contribution in [1.29, 1.82) is 0 Å². The average Bonchev–Trinajstić information content (AvgIpc) is 2.53. The second-order valence-corrected chi connectivity index (χ2v) is 3.83. The van der Waals surface area contributed by atoms with Gasteiger partial charge in [-0.1, -0.05) is 6.92 Å². The van der Waals surface area contributed by atoms with Gasteiger partial charge >= 0.3 is 0 Å². The molecule has 16 heavy (non-hydrogen) atoms. The molecule has 0 radical (unpaired) electrons. The van der Waals surface area contributed by atoms with Crippen LogP contribution in [-0.4, -0.2) is 16.3 Å². The number of rotatable bonds is 5. The van der Waals surface area contributed by atoms with Crippen LogP contribution in [0.15, 0.2) is 0 Å². The Labute approximate surface area is 98.2 Å². The number of hydrogen-bond acceptors (Lipinski definition) is 2. The van der Waals surface area contributed by atoms with Gasteiger partial charge in [0.1, 0.15) is 0 Å².